The van der Waals surface area contributed by atoms with E-state index in [-0.39, 0.29) is 19.2 Å². The summed E-state index contributed by atoms with van der Waals surface area (Å²) in [5, 5.41) is 2.91. The van der Waals surface area contributed by atoms with E-state index in [0.717, 1.165) is 4.90 Å². The first-order chi connectivity index (χ1) is 10.1. The molecular formula is C13H12F6N2O. The van der Waals surface area contributed by atoms with Crippen LogP contribution in [-0.2, 0) is 12.4 Å². The van der Waals surface area contributed by atoms with Gasteiger partial charge < -0.3 is 10.2 Å². The monoisotopic (exact) mass is 326 g/mol. The van der Waals surface area contributed by atoms with Crippen LogP contribution in [0.15, 0.2) is 18.2 Å². The number of benzene rings is 1. The minimum absolute atomic E-state index is 0.145. The highest BCUT2D eigenvalue weighted by Gasteiger charge is 2.39. The summed E-state index contributed by atoms with van der Waals surface area (Å²) in [4.78, 5) is 13.3. The Morgan fingerprint density at radius 1 is 1.00 bits per heavy atom. The summed E-state index contributed by atoms with van der Waals surface area (Å²) in [6.45, 7) is 1.05. The second kappa shape index (κ2) is 5.79. The minimum atomic E-state index is -4.90. The fourth-order valence-corrected chi connectivity index (χ4v) is 2.18. The van der Waals surface area contributed by atoms with Crippen molar-refractivity contribution in [3.8, 4) is 0 Å². The lowest BCUT2D eigenvalue weighted by atomic mass is 10.0. The quantitative estimate of drug-likeness (QED) is 0.805. The molecule has 3 nitrogen and oxygen atoms in total. The van der Waals surface area contributed by atoms with Gasteiger partial charge in [-0.2, -0.15) is 26.3 Å². The summed E-state index contributed by atoms with van der Waals surface area (Å²) < 4.78 is 76.9. The summed E-state index contributed by atoms with van der Waals surface area (Å²) in [5.41, 5.74) is -3.60. The van der Waals surface area contributed by atoms with E-state index in [1.54, 1.807) is 0 Å². The highest BCUT2D eigenvalue weighted by atomic mass is 19.4. The molecule has 1 fully saturated rings. The Morgan fingerprint density at radius 2 is 1.59 bits per heavy atom. The number of hydrogen-bond donors (Lipinski definition) is 1. The van der Waals surface area contributed by atoms with Crippen molar-refractivity contribution in [3.05, 3.63) is 34.9 Å². The Morgan fingerprint density at radius 3 is 2.09 bits per heavy atom. The Balaban J connectivity index is 2.47. The molecule has 0 bridgehead atoms. The maximum absolute atomic E-state index is 12.9. The molecule has 0 radical (unpaired) electrons. The molecule has 1 aliphatic rings. The fraction of sp³-hybridized carbons (Fsp3) is 0.462. The molecule has 2 rings (SSSR count). The largest absolute Gasteiger partial charge is 0.417 e. The van der Waals surface area contributed by atoms with Crippen LogP contribution in [0.25, 0.3) is 0 Å². The number of alkyl halides is 6. The first kappa shape index (κ1) is 16.6. The molecule has 22 heavy (non-hydrogen) atoms. The van der Waals surface area contributed by atoms with Crippen molar-refractivity contribution < 1.29 is 31.1 Å². The van der Waals surface area contributed by atoms with Gasteiger partial charge in [-0.05, 0) is 18.2 Å². The maximum atomic E-state index is 12.9. The van der Waals surface area contributed by atoms with Gasteiger partial charge in [0.2, 0.25) is 0 Å². The van der Waals surface area contributed by atoms with Crippen molar-refractivity contribution in [1.29, 1.82) is 0 Å². The smallest absolute Gasteiger partial charge is 0.336 e. The highest BCUT2D eigenvalue weighted by Crippen LogP contribution is 2.37. The third-order valence-electron chi connectivity index (χ3n) is 3.29. The summed E-state index contributed by atoms with van der Waals surface area (Å²) in [6, 6.07) is 0.906. The van der Waals surface area contributed by atoms with Crippen LogP contribution in [0, 0.1) is 0 Å². The average Bonchev–Trinajstić information content (AvgIpc) is 2.45. The molecule has 1 amide bonds. The van der Waals surface area contributed by atoms with E-state index in [0.29, 0.717) is 25.2 Å². The van der Waals surface area contributed by atoms with Crippen molar-refractivity contribution in [2.75, 3.05) is 26.2 Å². The zero-order chi connectivity index (χ0) is 16.5. The third-order valence-corrected chi connectivity index (χ3v) is 3.29. The first-order valence-electron chi connectivity index (χ1n) is 6.39. The van der Waals surface area contributed by atoms with Crippen molar-refractivity contribution >= 4 is 5.91 Å². The van der Waals surface area contributed by atoms with E-state index in [2.05, 4.69) is 5.32 Å². The second-order valence-corrected chi connectivity index (χ2v) is 4.80. The number of halogens is 6. The van der Waals surface area contributed by atoms with E-state index >= 15 is 0 Å². The SMILES string of the molecule is O=C(c1cc(C(F)(F)F)ccc1C(F)(F)F)N1CCNCC1. The van der Waals surface area contributed by atoms with Crippen LogP contribution in [0.2, 0.25) is 0 Å². The zero-order valence-corrected chi connectivity index (χ0v) is 11.2. The third kappa shape index (κ3) is 3.52. The van der Waals surface area contributed by atoms with Gasteiger partial charge in [-0.25, -0.2) is 0 Å². The molecule has 1 N–H and O–H groups in total. The van der Waals surface area contributed by atoms with Crippen molar-refractivity contribution in [2.24, 2.45) is 0 Å². The van der Waals surface area contributed by atoms with E-state index in [1.165, 1.54) is 0 Å². The number of piperazine rings is 1. The van der Waals surface area contributed by atoms with Crippen LogP contribution in [0.5, 0.6) is 0 Å². The number of carbonyl (C=O) groups excluding carboxylic acids is 1. The molecular weight excluding hydrogens is 314 g/mol. The summed E-state index contributed by atoms with van der Waals surface area (Å²) in [5.74, 6) is -1.04. The Hall–Kier alpha value is -1.77. The number of nitrogens with zero attached hydrogens (tertiary/aromatic N) is 1. The van der Waals surface area contributed by atoms with Crippen LogP contribution < -0.4 is 5.32 Å². The molecule has 9 heteroatoms. The standard InChI is InChI=1S/C13H12F6N2O/c14-12(15,16)8-1-2-10(13(17,18)19)9(7-8)11(22)21-5-3-20-4-6-21/h1-2,7,20H,3-6H2. The van der Waals surface area contributed by atoms with E-state index in [4.69, 9.17) is 0 Å². The minimum Gasteiger partial charge on any atom is -0.336 e. The Kier molecular flexibility index (Phi) is 4.37. The predicted molar refractivity (Wildman–Crippen MR) is 65.2 cm³/mol. The topological polar surface area (TPSA) is 32.3 Å². The molecule has 0 saturated carbocycles. The lowest BCUT2D eigenvalue weighted by Gasteiger charge is -2.28. The van der Waals surface area contributed by atoms with Gasteiger partial charge in [0, 0.05) is 26.2 Å². The van der Waals surface area contributed by atoms with Crippen molar-refractivity contribution in [1.82, 2.24) is 10.2 Å². The van der Waals surface area contributed by atoms with Gasteiger partial charge in [-0.3, -0.25) is 4.79 Å². The molecule has 1 aromatic rings. The maximum Gasteiger partial charge on any atom is 0.417 e. The number of hydrogen-bond acceptors (Lipinski definition) is 2. The van der Waals surface area contributed by atoms with Gasteiger partial charge in [0.05, 0.1) is 16.7 Å². The van der Waals surface area contributed by atoms with Crippen LogP contribution in [0.4, 0.5) is 26.3 Å². The molecule has 1 heterocycles. The number of rotatable bonds is 1. The lowest BCUT2D eigenvalue weighted by molar-refractivity contribution is -0.141. The first-order valence-corrected chi connectivity index (χ1v) is 6.39. The summed E-state index contributed by atoms with van der Waals surface area (Å²) in [7, 11) is 0. The van der Waals surface area contributed by atoms with Gasteiger partial charge in [-0.1, -0.05) is 0 Å². The molecule has 0 atom stereocenters. The molecule has 0 spiro atoms. The summed E-state index contributed by atoms with van der Waals surface area (Å²) >= 11 is 0. The predicted octanol–water partition coefficient (Wildman–Crippen LogP) is 2.77. The molecule has 0 unspecified atom stereocenters. The van der Waals surface area contributed by atoms with Crippen LogP contribution >= 0.6 is 0 Å². The molecule has 1 aliphatic heterocycles. The summed E-state index contributed by atoms with van der Waals surface area (Å²) in [6.07, 6.45) is -9.72. The highest BCUT2D eigenvalue weighted by molar-refractivity contribution is 5.96. The van der Waals surface area contributed by atoms with Gasteiger partial charge in [-0.15, -0.1) is 0 Å². The van der Waals surface area contributed by atoms with Crippen molar-refractivity contribution in [3.63, 3.8) is 0 Å². The van der Waals surface area contributed by atoms with Gasteiger partial charge in [0.25, 0.3) is 5.91 Å². The van der Waals surface area contributed by atoms with Crippen LogP contribution in [-0.4, -0.2) is 37.0 Å². The number of carbonyl (C=O) groups is 1. The fourth-order valence-electron chi connectivity index (χ4n) is 2.18. The average molecular weight is 326 g/mol. The second-order valence-electron chi connectivity index (χ2n) is 4.80. The molecule has 122 valence electrons. The van der Waals surface area contributed by atoms with Crippen LogP contribution in [0.1, 0.15) is 21.5 Å². The zero-order valence-electron chi connectivity index (χ0n) is 11.2. The Bertz CT molecular complexity index is 561. The molecule has 0 aromatic heterocycles. The normalized spacial score (nSPS) is 16.7. The van der Waals surface area contributed by atoms with Crippen molar-refractivity contribution in [2.45, 2.75) is 12.4 Å². The molecule has 1 aromatic carbocycles. The lowest BCUT2D eigenvalue weighted by Crippen LogP contribution is -2.46. The van der Waals surface area contributed by atoms with E-state index < -0.39 is 35.0 Å². The molecule has 1 saturated heterocycles. The van der Waals surface area contributed by atoms with E-state index in [1.807, 2.05) is 0 Å². The number of amides is 1. The van der Waals surface area contributed by atoms with Gasteiger partial charge in [0.1, 0.15) is 0 Å². The van der Waals surface area contributed by atoms with Gasteiger partial charge in [0.15, 0.2) is 0 Å². The number of nitrogens with one attached hydrogen (secondary N) is 1. The van der Waals surface area contributed by atoms with E-state index in [9.17, 15) is 31.1 Å². The Labute approximate surface area is 121 Å². The molecule has 0 aliphatic carbocycles. The van der Waals surface area contributed by atoms with Gasteiger partial charge >= 0.3 is 12.4 Å². The van der Waals surface area contributed by atoms with Crippen LogP contribution in [0.3, 0.4) is 0 Å².